The van der Waals surface area contributed by atoms with E-state index in [0.29, 0.717) is 17.7 Å². The van der Waals surface area contributed by atoms with Gasteiger partial charge in [-0.2, -0.15) is 0 Å². The third kappa shape index (κ3) is 4.10. The Labute approximate surface area is 194 Å². The van der Waals surface area contributed by atoms with Crippen LogP contribution < -0.4 is 5.32 Å². The number of halogens is 2. The van der Waals surface area contributed by atoms with Gasteiger partial charge in [-0.1, -0.05) is 48.5 Å². The summed E-state index contributed by atoms with van der Waals surface area (Å²) >= 11 is 0. The van der Waals surface area contributed by atoms with Crippen molar-refractivity contribution in [1.29, 1.82) is 0 Å². The number of carbonyl (C=O) groups is 3. The number of aliphatic carboxylic acids is 1. The molecule has 0 unspecified atom stereocenters. The van der Waals surface area contributed by atoms with Gasteiger partial charge in [0.1, 0.15) is 12.6 Å². The van der Waals surface area contributed by atoms with Gasteiger partial charge in [0.15, 0.2) is 0 Å². The first-order valence-electron chi connectivity index (χ1n) is 11.2. The number of carbonyl (C=O) groups excluding carboxylic acids is 2. The zero-order chi connectivity index (χ0) is 24.1. The molecule has 2 fully saturated rings. The van der Waals surface area contributed by atoms with E-state index in [0.717, 1.165) is 22.3 Å². The highest BCUT2D eigenvalue weighted by molar-refractivity contribution is 5.86. The minimum Gasteiger partial charge on any atom is -0.480 e. The van der Waals surface area contributed by atoms with Crippen molar-refractivity contribution in [3.05, 3.63) is 59.7 Å². The van der Waals surface area contributed by atoms with E-state index in [2.05, 4.69) is 5.32 Å². The molecule has 1 saturated heterocycles. The van der Waals surface area contributed by atoms with Gasteiger partial charge in [0.25, 0.3) is 5.92 Å². The molecule has 0 bridgehead atoms. The molecule has 0 radical (unpaired) electrons. The van der Waals surface area contributed by atoms with Crippen molar-refractivity contribution in [1.82, 2.24) is 10.2 Å². The van der Waals surface area contributed by atoms with Gasteiger partial charge >= 0.3 is 12.1 Å². The molecule has 1 atom stereocenters. The fraction of sp³-hybridized carbons (Fsp3) is 0.400. The van der Waals surface area contributed by atoms with Crippen LogP contribution in [-0.2, 0) is 14.3 Å². The van der Waals surface area contributed by atoms with Gasteiger partial charge < -0.3 is 20.1 Å². The number of nitrogens with zero attached hydrogens (tertiary/aromatic N) is 1. The second kappa shape index (κ2) is 8.07. The molecule has 1 aliphatic heterocycles. The smallest absolute Gasteiger partial charge is 0.407 e. The first-order valence-corrected chi connectivity index (χ1v) is 11.2. The quantitative estimate of drug-likeness (QED) is 0.670. The van der Waals surface area contributed by atoms with Crippen LogP contribution >= 0.6 is 0 Å². The van der Waals surface area contributed by atoms with Gasteiger partial charge in [0.2, 0.25) is 5.91 Å². The van der Waals surface area contributed by atoms with E-state index >= 15 is 0 Å². The molecule has 34 heavy (non-hydrogen) atoms. The maximum Gasteiger partial charge on any atom is 0.407 e. The second-order valence-corrected chi connectivity index (χ2v) is 9.34. The molecular formula is C25H24F2N2O5. The van der Waals surface area contributed by atoms with Crippen molar-refractivity contribution in [2.75, 3.05) is 13.2 Å². The van der Waals surface area contributed by atoms with Crippen molar-refractivity contribution in [2.24, 2.45) is 0 Å². The lowest BCUT2D eigenvalue weighted by Gasteiger charge is -2.24. The van der Waals surface area contributed by atoms with Crippen molar-refractivity contribution < 1.29 is 33.0 Å². The van der Waals surface area contributed by atoms with Crippen LogP contribution in [0, 0.1) is 0 Å². The number of rotatable bonds is 6. The Hall–Kier alpha value is -3.49. The molecular weight excluding hydrogens is 446 g/mol. The lowest BCUT2D eigenvalue weighted by molar-refractivity contribution is -0.148. The van der Waals surface area contributed by atoms with Crippen molar-refractivity contribution in [3.63, 3.8) is 0 Å². The van der Waals surface area contributed by atoms with E-state index in [1.165, 1.54) is 0 Å². The van der Waals surface area contributed by atoms with Gasteiger partial charge in [-0.15, -0.1) is 0 Å². The van der Waals surface area contributed by atoms with Crippen molar-refractivity contribution in [3.8, 4) is 11.1 Å². The Kier molecular flexibility index (Phi) is 5.30. The summed E-state index contributed by atoms with van der Waals surface area (Å²) in [6.07, 6.45) is -0.845. The summed E-state index contributed by atoms with van der Waals surface area (Å²) < 4.78 is 33.0. The zero-order valence-corrected chi connectivity index (χ0v) is 18.3. The van der Waals surface area contributed by atoms with Gasteiger partial charge in [0, 0.05) is 12.3 Å². The highest BCUT2D eigenvalue weighted by Gasteiger charge is 2.53. The summed E-state index contributed by atoms with van der Waals surface area (Å²) in [6, 6.07) is 14.3. The number of ether oxygens (including phenoxy) is 1. The van der Waals surface area contributed by atoms with E-state index in [4.69, 9.17) is 4.74 Å². The number of carboxylic acids is 1. The predicted molar refractivity (Wildman–Crippen MR) is 117 cm³/mol. The van der Waals surface area contributed by atoms with Gasteiger partial charge in [0.05, 0.1) is 18.5 Å². The molecule has 0 spiro atoms. The largest absolute Gasteiger partial charge is 0.480 e. The Morgan fingerprint density at radius 3 is 2.18 bits per heavy atom. The summed E-state index contributed by atoms with van der Waals surface area (Å²) in [4.78, 5) is 37.3. The fourth-order valence-corrected chi connectivity index (χ4v) is 5.04. The third-order valence-corrected chi connectivity index (χ3v) is 6.93. The van der Waals surface area contributed by atoms with Gasteiger partial charge in [-0.25, -0.2) is 18.4 Å². The van der Waals surface area contributed by atoms with Crippen LogP contribution in [0.3, 0.4) is 0 Å². The number of amides is 2. The Morgan fingerprint density at radius 1 is 1.03 bits per heavy atom. The number of alkyl halides is 2. The molecule has 2 amide bonds. The highest BCUT2D eigenvalue weighted by atomic mass is 19.3. The van der Waals surface area contributed by atoms with Crippen LogP contribution in [0.2, 0.25) is 0 Å². The molecule has 7 nitrogen and oxygen atoms in total. The third-order valence-electron chi connectivity index (χ3n) is 6.93. The number of hydrogen-bond donors (Lipinski definition) is 2. The summed E-state index contributed by atoms with van der Waals surface area (Å²) in [7, 11) is 0. The van der Waals surface area contributed by atoms with Crippen LogP contribution in [-0.4, -0.2) is 58.6 Å². The Bertz CT molecular complexity index is 1120. The van der Waals surface area contributed by atoms with E-state index < -0.39 is 48.4 Å². The monoisotopic (exact) mass is 470 g/mol. The number of hydrogen-bond acceptors (Lipinski definition) is 4. The van der Waals surface area contributed by atoms with E-state index in [1.54, 1.807) is 0 Å². The molecule has 1 heterocycles. The maximum absolute atomic E-state index is 13.7. The minimum absolute atomic E-state index is 0.113. The summed E-state index contributed by atoms with van der Waals surface area (Å²) in [5, 5.41) is 11.9. The fourth-order valence-electron chi connectivity index (χ4n) is 5.04. The lowest BCUT2D eigenvalue weighted by Crippen LogP contribution is -2.46. The minimum atomic E-state index is -3.24. The number of carboxylic acid groups (broad SMARTS) is 1. The number of nitrogens with one attached hydrogen (secondary N) is 1. The maximum atomic E-state index is 13.7. The van der Waals surface area contributed by atoms with Gasteiger partial charge in [-0.3, -0.25) is 4.79 Å². The summed E-state index contributed by atoms with van der Waals surface area (Å²) in [5.41, 5.74) is 3.46. The Morgan fingerprint density at radius 2 is 1.62 bits per heavy atom. The van der Waals surface area contributed by atoms with Crippen LogP contribution in [0.15, 0.2) is 48.5 Å². The highest BCUT2D eigenvalue weighted by Crippen LogP contribution is 2.45. The normalized spacial score (nSPS) is 21.5. The number of fused-ring (bicyclic) bond motifs is 3. The molecule has 3 aliphatic rings. The number of likely N-dealkylation sites (tertiary alicyclic amines) is 1. The molecule has 9 heteroatoms. The predicted octanol–water partition coefficient (Wildman–Crippen LogP) is 3.77. The van der Waals surface area contributed by atoms with E-state index in [-0.39, 0.29) is 18.9 Å². The molecule has 178 valence electrons. The van der Waals surface area contributed by atoms with Gasteiger partial charge in [-0.05, 0) is 35.1 Å². The average Bonchev–Trinajstić information content (AvgIpc) is 3.33. The second-order valence-electron chi connectivity index (χ2n) is 9.34. The van der Waals surface area contributed by atoms with Crippen LogP contribution in [0.1, 0.15) is 42.7 Å². The first-order chi connectivity index (χ1) is 16.2. The summed E-state index contributed by atoms with van der Waals surface area (Å²) in [5.74, 6) is -5.52. The Balaban J connectivity index is 1.21. The molecule has 1 saturated carbocycles. The molecule has 2 aromatic rings. The van der Waals surface area contributed by atoms with Crippen molar-refractivity contribution in [2.45, 2.75) is 49.1 Å². The lowest BCUT2D eigenvalue weighted by atomic mass is 9.98. The first kappa shape index (κ1) is 22.3. The molecule has 0 aromatic heterocycles. The topological polar surface area (TPSA) is 95.9 Å². The zero-order valence-electron chi connectivity index (χ0n) is 18.3. The van der Waals surface area contributed by atoms with E-state index in [9.17, 15) is 28.3 Å². The SMILES string of the molecule is O=C(NC1(CC(=O)N2CC(F)(F)C[C@@H]2C(=O)O)CC1)OCC1c2ccccc2-c2ccccc21. The molecule has 2 N–H and O–H groups in total. The summed E-state index contributed by atoms with van der Waals surface area (Å²) in [6.45, 7) is -0.812. The van der Waals surface area contributed by atoms with Crippen LogP contribution in [0.5, 0.6) is 0 Å². The van der Waals surface area contributed by atoms with Crippen LogP contribution in [0.25, 0.3) is 11.1 Å². The standard InChI is InChI=1S/C25H24F2N2O5/c26-25(27)11-20(22(31)32)29(14-25)21(30)12-24(9-10-24)28-23(33)34-13-19-17-7-3-1-5-15(17)16-6-2-4-8-18(16)19/h1-8,19-20H,9-14H2,(H,28,33)(H,31,32)/t20-/m1/s1. The molecule has 2 aliphatic carbocycles. The molecule has 2 aromatic carbocycles. The molecule has 5 rings (SSSR count). The van der Waals surface area contributed by atoms with Crippen molar-refractivity contribution >= 4 is 18.0 Å². The number of alkyl carbamates (subject to hydrolysis) is 1. The van der Waals surface area contributed by atoms with E-state index in [1.807, 2.05) is 48.5 Å². The number of benzene rings is 2. The average molecular weight is 470 g/mol. The van der Waals surface area contributed by atoms with Crippen LogP contribution in [0.4, 0.5) is 13.6 Å².